The number of H-pyrrole nitrogens is 1. The maximum Gasteiger partial charge on any atom is 0.354 e. The maximum absolute atomic E-state index is 11.6. The summed E-state index contributed by atoms with van der Waals surface area (Å²) in [5.41, 5.74) is 4.12. The highest BCUT2D eigenvalue weighted by atomic mass is 32.1. The van der Waals surface area contributed by atoms with Gasteiger partial charge in [-0.25, -0.2) is 9.78 Å². The number of benzene rings is 1. The summed E-state index contributed by atoms with van der Waals surface area (Å²) in [7, 11) is 0. The predicted octanol–water partition coefficient (Wildman–Crippen LogP) is 2.95. The van der Waals surface area contributed by atoms with Crippen LogP contribution in [0.2, 0.25) is 0 Å². The maximum atomic E-state index is 11.6. The van der Waals surface area contributed by atoms with E-state index in [0.717, 1.165) is 21.1 Å². The Morgan fingerprint density at radius 3 is 3.24 bits per heavy atom. The van der Waals surface area contributed by atoms with Crippen molar-refractivity contribution >= 4 is 38.4 Å². The lowest BCUT2D eigenvalue weighted by Crippen LogP contribution is -2.04. The average molecular weight is 246 g/mol. The molecule has 0 aliphatic rings. The minimum Gasteiger partial charge on any atom is -0.461 e. The van der Waals surface area contributed by atoms with Crippen LogP contribution in [0.15, 0.2) is 23.7 Å². The summed E-state index contributed by atoms with van der Waals surface area (Å²) in [5.74, 6) is -0.327. The van der Waals surface area contributed by atoms with Crippen molar-refractivity contribution in [3.05, 3.63) is 29.4 Å². The van der Waals surface area contributed by atoms with Gasteiger partial charge in [0.05, 0.1) is 22.3 Å². The molecule has 0 radical (unpaired) electrons. The molecule has 0 aliphatic carbocycles. The third-order valence-electron chi connectivity index (χ3n) is 2.59. The molecule has 3 rings (SSSR count). The van der Waals surface area contributed by atoms with E-state index in [1.807, 2.05) is 12.1 Å². The number of hydrogen-bond donors (Lipinski definition) is 1. The van der Waals surface area contributed by atoms with Crippen LogP contribution in [0.3, 0.4) is 0 Å². The van der Waals surface area contributed by atoms with Crippen LogP contribution in [0.25, 0.3) is 21.1 Å². The van der Waals surface area contributed by atoms with E-state index >= 15 is 0 Å². The molecule has 3 aromatic rings. The van der Waals surface area contributed by atoms with Gasteiger partial charge in [-0.3, -0.25) is 0 Å². The molecular formula is C12H10N2O2S. The second-order valence-corrected chi connectivity index (χ2v) is 4.52. The molecule has 0 atom stereocenters. The van der Waals surface area contributed by atoms with Gasteiger partial charge < -0.3 is 9.72 Å². The first-order chi connectivity index (χ1) is 8.29. The molecule has 0 spiro atoms. The van der Waals surface area contributed by atoms with Crippen molar-refractivity contribution in [3.63, 3.8) is 0 Å². The smallest absolute Gasteiger partial charge is 0.354 e. The van der Waals surface area contributed by atoms with Crippen molar-refractivity contribution in [2.24, 2.45) is 0 Å². The van der Waals surface area contributed by atoms with Gasteiger partial charge in [-0.1, -0.05) is 0 Å². The summed E-state index contributed by atoms with van der Waals surface area (Å²) in [6.07, 6.45) is 0. The van der Waals surface area contributed by atoms with Crippen LogP contribution in [0, 0.1) is 0 Å². The molecule has 4 nitrogen and oxygen atoms in total. The zero-order chi connectivity index (χ0) is 11.8. The van der Waals surface area contributed by atoms with Gasteiger partial charge in [0.1, 0.15) is 5.69 Å². The van der Waals surface area contributed by atoms with Crippen molar-refractivity contribution in [1.82, 2.24) is 9.97 Å². The van der Waals surface area contributed by atoms with Crippen molar-refractivity contribution in [2.45, 2.75) is 6.92 Å². The number of thiazole rings is 1. The number of esters is 1. The minimum atomic E-state index is -0.327. The quantitative estimate of drug-likeness (QED) is 0.707. The van der Waals surface area contributed by atoms with Gasteiger partial charge >= 0.3 is 5.97 Å². The number of ether oxygens (including phenoxy) is 1. The van der Waals surface area contributed by atoms with Crippen molar-refractivity contribution in [1.29, 1.82) is 0 Å². The molecule has 0 amide bonds. The molecule has 1 aromatic carbocycles. The number of aromatic amines is 1. The third-order valence-corrected chi connectivity index (χ3v) is 3.39. The van der Waals surface area contributed by atoms with E-state index in [1.165, 1.54) is 0 Å². The van der Waals surface area contributed by atoms with Crippen LogP contribution in [0.1, 0.15) is 17.4 Å². The number of hydrogen-bond acceptors (Lipinski definition) is 4. The van der Waals surface area contributed by atoms with Gasteiger partial charge in [0, 0.05) is 10.9 Å². The summed E-state index contributed by atoms with van der Waals surface area (Å²) in [5, 5.41) is 0.965. The molecule has 5 heteroatoms. The highest BCUT2D eigenvalue weighted by Gasteiger charge is 2.12. The number of aromatic nitrogens is 2. The fourth-order valence-electron chi connectivity index (χ4n) is 1.85. The van der Waals surface area contributed by atoms with Gasteiger partial charge in [-0.15, -0.1) is 11.3 Å². The van der Waals surface area contributed by atoms with E-state index in [-0.39, 0.29) is 5.97 Å². The summed E-state index contributed by atoms with van der Waals surface area (Å²) in [6.45, 7) is 2.17. The number of carbonyl (C=O) groups excluding carboxylic acids is 1. The fourth-order valence-corrected chi connectivity index (χ4v) is 2.54. The highest BCUT2D eigenvalue weighted by Crippen LogP contribution is 2.27. The van der Waals surface area contributed by atoms with Gasteiger partial charge in [-0.2, -0.15) is 0 Å². The number of fused-ring (bicyclic) bond motifs is 3. The Bertz CT molecular complexity index is 699. The molecule has 0 fully saturated rings. The summed E-state index contributed by atoms with van der Waals surface area (Å²) in [4.78, 5) is 19.0. The van der Waals surface area contributed by atoms with Crippen LogP contribution in [-0.4, -0.2) is 22.5 Å². The van der Waals surface area contributed by atoms with Crippen molar-refractivity contribution < 1.29 is 9.53 Å². The lowest BCUT2D eigenvalue weighted by Gasteiger charge is -1.96. The summed E-state index contributed by atoms with van der Waals surface area (Å²) >= 11 is 1.59. The van der Waals surface area contributed by atoms with Crippen molar-refractivity contribution in [3.8, 4) is 0 Å². The van der Waals surface area contributed by atoms with Crippen LogP contribution in [-0.2, 0) is 4.74 Å². The van der Waals surface area contributed by atoms with E-state index < -0.39 is 0 Å². The molecule has 0 unspecified atom stereocenters. The standard InChI is InChI=1S/C12H10N2O2S/c1-2-16-12(15)9-5-7-8(14-9)3-4-10-11(7)13-6-17-10/h3-6,14H,2H2,1H3. The second-order valence-electron chi connectivity index (χ2n) is 3.63. The Morgan fingerprint density at radius 2 is 2.41 bits per heavy atom. The Kier molecular flexibility index (Phi) is 2.33. The summed E-state index contributed by atoms with van der Waals surface area (Å²) < 4.78 is 6.08. The van der Waals surface area contributed by atoms with Crippen LogP contribution >= 0.6 is 11.3 Å². The van der Waals surface area contributed by atoms with Crippen LogP contribution in [0.4, 0.5) is 0 Å². The van der Waals surface area contributed by atoms with Gasteiger partial charge in [-0.05, 0) is 25.1 Å². The molecule has 17 heavy (non-hydrogen) atoms. The van der Waals surface area contributed by atoms with E-state index in [4.69, 9.17) is 4.74 Å². The topological polar surface area (TPSA) is 55.0 Å². The number of carbonyl (C=O) groups is 1. The zero-order valence-corrected chi connectivity index (χ0v) is 10.0. The first-order valence-electron chi connectivity index (χ1n) is 5.31. The van der Waals surface area contributed by atoms with E-state index in [9.17, 15) is 4.79 Å². The first kappa shape index (κ1) is 10.3. The predicted molar refractivity (Wildman–Crippen MR) is 67.4 cm³/mol. The largest absolute Gasteiger partial charge is 0.461 e. The zero-order valence-electron chi connectivity index (χ0n) is 9.19. The van der Waals surface area contributed by atoms with Crippen LogP contribution in [0.5, 0.6) is 0 Å². The van der Waals surface area contributed by atoms with Gasteiger partial charge in [0.25, 0.3) is 0 Å². The number of rotatable bonds is 2. The monoisotopic (exact) mass is 246 g/mol. The lowest BCUT2D eigenvalue weighted by atomic mass is 10.2. The molecular weight excluding hydrogens is 236 g/mol. The molecule has 0 aliphatic heterocycles. The lowest BCUT2D eigenvalue weighted by molar-refractivity contribution is 0.0520. The highest BCUT2D eigenvalue weighted by molar-refractivity contribution is 7.16. The first-order valence-corrected chi connectivity index (χ1v) is 6.19. The molecule has 0 saturated heterocycles. The molecule has 1 N–H and O–H groups in total. The average Bonchev–Trinajstić information content (AvgIpc) is 2.94. The van der Waals surface area contributed by atoms with E-state index in [0.29, 0.717) is 12.3 Å². The van der Waals surface area contributed by atoms with E-state index in [1.54, 1.807) is 29.8 Å². The Labute approximate surface area is 101 Å². The molecule has 2 heterocycles. The third kappa shape index (κ3) is 1.59. The molecule has 0 bridgehead atoms. The van der Waals surface area contributed by atoms with Crippen LogP contribution < -0.4 is 0 Å². The fraction of sp³-hybridized carbons (Fsp3) is 0.167. The van der Waals surface area contributed by atoms with Gasteiger partial charge in [0.15, 0.2) is 0 Å². The Hall–Kier alpha value is -1.88. The normalized spacial score (nSPS) is 11.1. The van der Waals surface area contributed by atoms with E-state index in [2.05, 4.69) is 9.97 Å². The molecule has 0 saturated carbocycles. The van der Waals surface area contributed by atoms with Crippen molar-refractivity contribution in [2.75, 3.05) is 6.61 Å². The summed E-state index contributed by atoms with van der Waals surface area (Å²) in [6, 6.07) is 5.76. The molecule has 86 valence electrons. The number of nitrogens with one attached hydrogen (secondary N) is 1. The second kappa shape index (κ2) is 3.85. The van der Waals surface area contributed by atoms with Gasteiger partial charge in [0.2, 0.25) is 0 Å². The Balaban J connectivity index is 2.20. The number of nitrogens with zero attached hydrogens (tertiary/aromatic N) is 1. The Morgan fingerprint density at radius 1 is 1.53 bits per heavy atom. The molecule has 2 aromatic heterocycles. The SMILES string of the molecule is CCOC(=O)c1cc2c(ccc3scnc32)[nH]1. The minimum absolute atomic E-state index is 0.327.